The van der Waals surface area contributed by atoms with Gasteiger partial charge in [-0.15, -0.1) is 0 Å². The van der Waals surface area contributed by atoms with Gasteiger partial charge in [0.15, 0.2) is 0 Å². The predicted molar refractivity (Wildman–Crippen MR) is 93.2 cm³/mol. The standard InChI is InChI=1S/C20H17NO2/c1-22-20-9-5-6-16(14-20)15-21-17-10-12-19(13-11-17)23-18-7-3-2-4-8-18/h2-15H,1H3. The molecule has 3 aromatic carbocycles. The Morgan fingerprint density at radius 2 is 1.43 bits per heavy atom. The van der Waals surface area contributed by atoms with Crippen LogP contribution in [0.3, 0.4) is 0 Å². The molecule has 0 N–H and O–H groups in total. The van der Waals surface area contributed by atoms with Crippen molar-refractivity contribution in [2.75, 3.05) is 7.11 Å². The highest BCUT2D eigenvalue weighted by Gasteiger charge is 1.97. The molecule has 0 saturated heterocycles. The lowest BCUT2D eigenvalue weighted by atomic mass is 10.2. The maximum Gasteiger partial charge on any atom is 0.127 e. The topological polar surface area (TPSA) is 30.8 Å². The average Bonchev–Trinajstić information content (AvgIpc) is 2.62. The quantitative estimate of drug-likeness (QED) is 0.604. The maximum absolute atomic E-state index is 5.76. The van der Waals surface area contributed by atoms with E-state index in [1.807, 2.05) is 85.1 Å². The van der Waals surface area contributed by atoms with Gasteiger partial charge in [0.1, 0.15) is 17.2 Å². The first-order chi connectivity index (χ1) is 11.3. The number of methoxy groups -OCH3 is 1. The van der Waals surface area contributed by atoms with E-state index < -0.39 is 0 Å². The number of benzene rings is 3. The molecule has 0 aliphatic carbocycles. The van der Waals surface area contributed by atoms with E-state index >= 15 is 0 Å². The van der Waals surface area contributed by atoms with E-state index in [0.717, 1.165) is 28.5 Å². The van der Waals surface area contributed by atoms with E-state index in [9.17, 15) is 0 Å². The summed E-state index contributed by atoms with van der Waals surface area (Å²) in [6.07, 6.45) is 1.82. The lowest BCUT2D eigenvalue weighted by Crippen LogP contribution is -1.85. The number of nitrogens with zero attached hydrogens (tertiary/aromatic N) is 1. The van der Waals surface area contributed by atoms with Gasteiger partial charge in [0, 0.05) is 6.21 Å². The summed E-state index contributed by atoms with van der Waals surface area (Å²) < 4.78 is 11.0. The van der Waals surface area contributed by atoms with Gasteiger partial charge in [-0.2, -0.15) is 0 Å². The smallest absolute Gasteiger partial charge is 0.127 e. The lowest BCUT2D eigenvalue weighted by molar-refractivity contribution is 0.415. The van der Waals surface area contributed by atoms with Crippen molar-refractivity contribution in [3.8, 4) is 17.2 Å². The summed E-state index contributed by atoms with van der Waals surface area (Å²) in [4.78, 5) is 4.46. The predicted octanol–water partition coefficient (Wildman–Crippen LogP) is 5.24. The summed E-state index contributed by atoms with van der Waals surface area (Å²) in [6, 6.07) is 25.1. The number of hydrogen-bond donors (Lipinski definition) is 0. The zero-order chi connectivity index (χ0) is 15.9. The second kappa shape index (κ2) is 7.27. The number of ether oxygens (including phenoxy) is 2. The van der Waals surface area contributed by atoms with Crippen molar-refractivity contribution in [2.24, 2.45) is 4.99 Å². The molecule has 0 spiro atoms. The van der Waals surface area contributed by atoms with Gasteiger partial charge in [-0.3, -0.25) is 4.99 Å². The molecule has 0 aromatic heterocycles. The van der Waals surface area contributed by atoms with Gasteiger partial charge >= 0.3 is 0 Å². The number of aliphatic imine (C=N–C) groups is 1. The minimum atomic E-state index is 0.788. The Labute approximate surface area is 135 Å². The zero-order valence-corrected chi connectivity index (χ0v) is 12.8. The van der Waals surface area contributed by atoms with Gasteiger partial charge in [0.25, 0.3) is 0 Å². The Hall–Kier alpha value is -3.07. The Morgan fingerprint density at radius 3 is 2.17 bits per heavy atom. The van der Waals surface area contributed by atoms with Crippen molar-refractivity contribution in [1.29, 1.82) is 0 Å². The molecule has 0 fully saturated rings. The Bertz CT molecular complexity index is 780. The van der Waals surface area contributed by atoms with Crippen LogP contribution in [0.4, 0.5) is 5.69 Å². The van der Waals surface area contributed by atoms with Crippen molar-refractivity contribution in [3.63, 3.8) is 0 Å². The highest BCUT2D eigenvalue weighted by atomic mass is 16.5. The number of para-hydroxylation sites is 1. The molecule has 0 radical (unpaired) electrons. The van der Waals surface area contributed by atoms with Gasteiger partial charge in [-0.25, -0.2) is 0 Å². The molecule has 0 amide bonds. The summed E-state index contributed by atoms with van der Waals surface area (Å²) in [5, 5.41) is 0. The van der Waals surface area contributed by atoms with Crippen LogP contribution in [0.15, 0.2) is 83.9 Å². The second-order valence-electron chi connectivity index (χ2n) is 4.94. The van der Waals surface area contributed by atoms with Crippen LogP contribution in [0.25, 0.3) is 0 Å². The Balaban J connectivity index is 1.68. The molecule has 0 aliphatic heterocycles. The molecule has 0 unspecified atom stereocenters. The fraction of sp³-hybridized carbons (Fsp3) is 0.0500. The van der Waals surface area contributed by atoms with Crippen LogP contribution in [-0.4, -0.2) is 13.3 Å². The average molecular weight is 303 g/mol. The zero-order valence-electron chi connectivity index (χ0n) is 12.8. The first-order valence-corrected chi connectivity index (χ1v) is 7.34. The van der Waals surface area contributed by atoms with Crippen LogP contribution < -0.4 is 9.47 Å². The van der Waals surface area contributed by atoms with Crippen LogP contribution in [0.5, 0.6) is 17.2 Å². The molecule has 3 nitrogen and oxygen atoms in total. The van der Waals surface area contributed by atoms with Gasteiger partial charge in [-0.1, -0.05) is 30.3 Å². The van der Waals surface area contributed by atoms with Gasteiger partial charge in [-0.05, 0) is 54.1 Å². The molecule has 0 saturated carbocycles. The summed E-state index contributed by atoms with van der Waals surface area (Å²) in [6.45, 7) is 0. The van der Waals surface area contributed by atoms with Crippen molar-refractivity contribution < 1.29 is 9.47 Å². The van der Waals surface area contributed by atoms with Gasteiger partial charge in [0.2, 0.25) is 0 Å². The van der Waals surface area contributed by atoms with Crippen molar-refractivity contribution in [1.82, 2.24) is 0 Å². The fourth-order valence-corrected chi connectivity index (χ4v) is 2.10. The summed E-state index contributed by atoms with van der Waals surface area (Å²) >= 11 is 0. The SMILES string of the molecule is COc1cccc(C=Nc2ccc(Oc3ccccc3)cc2)c1. The minimum Gasteiger partial charge on any atom is -0.497 e. The fourth-order valence-electron chi connectivity index (χ4n) is 2.10. The molecule has 114 valence electrons. The molecule has 23 heavy (non-hydrogen) atoms. The van der Waals surface area contributed by atoms with Crippen LogP contribution in [-0.2, 0) is 0 Å². The van der Waals surface area contributed by atoms with E-state index in [0.29, 0.717) is 0 Å². The number of rotatable bonds is 5. The summed E-state index contributed by atoms with van der Waals surface area (Å²) in [5.74, 6) is 2.43. The third-order valence-corrected chi connectivity index (χ3v) is 3.27. The third-order valence-electron chi connectivity index (χ3n) is 3.27. The van der Waals surface area contributed by atoms with Gasteiger partial charge < -0.3 is 9.47 Å². The highest BCUT2D eigenvalue weighted by molar-refractivity contribution is 5.82. The van der Waals surface area contributed by atoms with Crippen LogP contribution in [0.2, 0.25) is 0 Å². The first-order valence-electron chi connectivity index (χ1n) is 7.34. The molecule has 3 heteroatoms. The molecule has 3 rings (SSSR count). The molecule has 0 atom stereocenters. The molecule has 0 bridgehead atoms. The monoisotopic (exact) mass is 303 g/mol. The van der Waals surface area contributed by atoms with E-state index in [2.05, 4.69) is 4.99 Å². The van der Waals surface area contributed by atoms with E-state index in [1.165, 1.54) is 0 Å². The van der Waals surface area contributed by atoms with Crippen LogP contribution in [0, 0.1) is 0 Å². The summed E-state index contributed by atoms with van der Waals surface area (Å²) in [5.41, 5.74) is 1.86. The second-order valence-corrected chi connectivity index (χ2v) is 4.94. The first kappa shape index (κ1) is 14.9. The number of hydrogen-bond acceptors (Lipinski definition) is 3. The normalized spacial score (nSPS) is 10.7. The Morgan fingerprint density at radius 1 is 0.739 bits per heavy atom. The minimum absolute atomic E-state index is 0.788. The van der Waals surface area contributed by atoms with E-state index in [1.54, 1.807) is 7.11 Å². The van der Waals surface area contributed by atoms with Crippen LogP contribution in [0.1, 0.15) is 5.56 Å². The molecule has 0 heterocycles. The molecule has 3 aromatic rings. The van der Waals surface area contributed by atoms with Crippen molar-refractivity contribution >= 4 is 11.9 Å². The third kappa shape index (κ3) is 4.20. The Kier molecular flexibility index (Phi) is 4.69. The van der Waals surface area contributed by atoms with Crippen molar-refractivity contribution in [3.05, 3.63) is 84.4 Å². The van der Waals surface area contributed by atoms with E-state index in [4.69, 9.17) is 9.47 Å². The summed E-state index contributed by atoms with van der Waals surface area (Å²) in [7, 11) is 1.65. The molecule has 0 aliphatic rings. The van der Waals surface area contributed by atoms with Gasteiger partial charge in [0.05, 0.1) is 12.8 Å². The maximum atomic E-state index is 5.76. The van der Waals surface area contributed by atoms with Crippen LogP contribution >= 0.6 is 0 Å². The highest BCUT2D eigenvalue weighted by Crippen LogP contribution is 2.23. The lowest BCUT2D eigenvalue weighted by Gasteiger charge is -2.05. The van der Waals surface area contributed by atoms with Crippen molar-refractivity contribution in [2.45, 2.75) is 0 Å². The largest absolute Gasteiger partial charge is 0.497 e. The molecular formula is C20H17NO2. The molecular weight excluding hydrogens is 286 g/mol. The van der Waals surface area contributed by atoms with E-state index in [-0.39, 0.29) is 0 Å².